The van der Waals surface area contributed by atoms with Crippen LogP contribution in [0.3, 0.4) is 0 Å². The summed E-state index contributed by atoms with van der Waals surface area (Å²) < 4.78 is 17.1. The molecule has 1 heterocycles. The van der Waals surface area contributed by atoms with Gasteiger partial charge in [0.1, 0.15) is 0 Å². The molecule has 44 heavy (non-hydrogen) atoms. The van der Waals surface area contributed by atoms with Crippen LogP contribution in [0.5, 0.6) is 17.2 Å². The fourth-order valence-electron chi connectivity index (χ4n) is 6.13. The molecule has 2 N–H and O–H groups in total. The zero-order valence-electron chi connectivity index (χ0n) is 25.8. The molecule has 2 aliphatic rings. The lowest BCUT2D eigenvalue weighted by molar-refractivity contribution is -0.131. The number of fused-ring (bicyclic) bond motifs is 3. The second-order valence-corrected chi connectivity index (χ2v) is 11.1. The van der Waals surface area contributed by atoms with E-state index in [2.05, 4.69) is 27.7 Å². The highest BCUT2D eigenvalue weighted by Gasteiger charge is 2.29. The van der Waals surface area contributed by atoms with Gasteiger partial charge in [0.2, 0.25) is 23.0 Å². The molecule has 5 rings (SSSR count). The Bertz CT molecular complexity index is 1570. The quantitative estimate of drug-likeness (QED) is 0.384. The van der Waals surface area contributed by atoms with Gasteiger partial charge in [-0.2, -0.15) is 0 Å². The van der Waals surface area contributed by atoms with Crippen LogP contribution in [0.4, 0.5) is 5.69 Å². The predicted octanol–water partition coefficient (Wildman–Crippen LogP) is 3.62. The Morgan fingerprint density at radius 2 is 1.64 bits per heavy atom. The van der Waals surface area contributed by atoms with Crippen LogP contribution in [0, 0.1) is 0 Å². The number of anilines is 1. The molecule has 0 bridgehead atoms. The first-order valence-corrected chi connectivity index (χ1v) is 14.9. The number of hydrogen-bond acceptors (Lipinski definition) is 8. The molecule has 10 heteroatoms. The summed E-state index contributed by atoms with van der Waals surface area (Å²) in [5.41, 5.74) is 4.42. The molecule has 3 aromatic rings. The smallest absolute Gasteiger partial charge is 0.241 e. The number of amides is 2. The summed E-state index contributed by atoms with van der Waals surface area (Å²) in [7, 11) is 4.69. The van der Waals surface area contributed by atoms with E-state index in [1.54, 1.807) is 33.5 Å². The maximum atomic E-state index is 13.5. The second-order valence-electron chi connectivity index (χ2n) is 11.1. The molecule has 0 radical (unpaired) electrons. The number of rotatable bonds is 9. The summed E-state index contributed by atoms with van der Waals surface area (Å²) in [6, 6.07) is 16.9. The zero-order valence-corrected chi connectivity index (χ0v) is 25.8. The minimum Gasteiger partial charge on any atom is -0.493 e. The highest BCUT2D eigenvalue weighted by atomic mass is 16.5. The fourth-order valence-corrected chi connectivity index (χ4v) is 6.13. The normalized spacial score (nSPS) is 16.2. The number of aryl methyl sites for hydroxylation is 1. The number of nitrogens with zero attached hydrogens (tertiary/aromatic N) is 2. The monoisotopic (exact) mass is 600 g/mol. The lowest BCUT2D eigenvalue weighted by Gasteiger charge is -2.34. The van der Waals surface area contributed by atoms with Crippen molar-refractivity contribution in [3.05, 3.63) is 81.5 Å². The summed E-state index contributed by atoms with van der Waals surface area (Å²) in [4.78, 5) is 43.0. The SMILES string of the molecule is COc1cc2c(c(OC)c1OC)-c1ccc(NCC(=O)N3CCN(Cc4ccccc4)CC3)c(=O)cc1C(NC(C)=O)CC2. The average molecular weight is 601 g/mol. The van der Waals surface area contributed by atoms with Gasteiger partial charge in [0.25, 0.3) is 0 Å². The molecule has 232 valence electrons. The third kappa shape index (κ3) is 6.65. The van der Waals surface area contributed by atoms with Crippen LogP contribution in [-0.4, -0.2) is 75.7 Å². The molecule has 2 amide bonds. The predicted molar refractivity (Wildman–Crippen MR) is 169 cm³/mol. The number of hydrogen-bond donors (Lipinski definition) is 2. The van der Waals surface area contributed by atoms with Crippen LogP contribution in [0.1, 0.15) is 36.1 Å². The highest BCUT2D eigenvalue weighted by molar-refractivity contribution is 5.84. The Kier molecular flexibility index (Phi) is 9.69. The van der Waals surface area contributed by atoms with Crippen molar-refractivity contribution in [1.29, 1.82) is 0 Å². The van der Waals surface area contributed by atoms with Gasteiger partial charge < -0.3 is 29.7 Å². The van der Waals surface area contributed by atoms with Crippen molar-refractivity contribution in [1.82, 2.24) is 15.1 Å². The number of carbonyl (C=O) groups is 2. The Hall–Kier alpha value is -4.57. The summed E-state index contributed by atoms with van der Waals surface area (Å²) in [6.45, 7) is 5.18. The molecule has 1 aliphatic heterocycles. The minimum absolute atomic E-state index is 0.00264. The molecular weight excluding hydrogens is 560 g/mol. The van der Waals surface area contributed by atoms with Gasteiger partial charge in [-0.3, -0.25) is 19.3 Å². The summed E-state index contributed by atoms with van der Waals surface area (Å²) >= 11 is 0. The molecule has 0 saturated carbocycles. The molecule has 1 aliphatic carbocycles. The van der Waals surface area contributed by atoms with Crippen LogP contribution in [0.2, 0.25) is 0 Å². The first-order valence-electron chi connectivity index (χ1n) is 14.9. The van der Waals surface area contributed by atoms with Gasteiger partial charge >= 0.3 is 0 Å². The van der Waals surface area contributed by atoms with E-state index in [4.69, 9.17) is 14.2 Å². The van der Waals surface area contributed by atoms with E-state index in [0.29, 0.717) is 54.4 Å². The highest BCUT2D eigenvalue weighted by Crippen LogP contribution is 2.50. The Balaban J connectivity index is 1.39. The zero-order chi connectivity index (χ0) is 31.2. The summed E-state index contributed by atoms with van der Waals surface area (Å²) in [5, 5.41) is 6.10. The molecule has 1 saturated heterocycles. The van der Waals surface area contributed by atoms with Crippen molar-refractivity contribution >= 4 is 17.5 Å². The third-order valence-corrected chi connectivity index (χ3v) is 8.32. The van der Waals surface area contributed by atoms with Crippen LogP contribution < -0.4 is 30.3 Å². The Morgan fingerprint density at radius 3 is 2.30 bits per heavy atom. The summed E-state index contributed by atoms with van der Waals surface area (Å²) in [5.74, 6) is 1.22. The van der Waals surface area contributed by atoms with Crippen molar-refractivity contribution in [2.45, 2.75) is 32.4 Å². The molecule has 0 aromatic heterocycles. The molecule has 1 atom stereocenters. The average Bonchev–Trinajstić information content (AvgIpc) is 3.27. The number of nitrogens with one attached hydrogen (secondary N) is 2. The number of piperazine rings is 1. The molecular formula is C34H40N4O6. The van der Waals surface area contributed by atoms with E-state index < -0.39 is 6.04 Å². The fraction of sp³-hybridized carbons (Fsp3) is 0.382. The second kappa shape index (κ2) is 13.8. The van der Waals surface area contributed by atoms with E-state index in [-0.39, 0.29) is 23.8 Å². The van der Waals surface area contributed by atoms with Crippen molar-refractivity contribution in [3.8, 4) is 28.4 Å². The van der Waals surface area contributed by atoms with Crippen molar-refractivity contribution in [2.24, 2.45) is 0 Å². The lowest BCUT2D eigenvalue weighted by atomic mass is 9.95. The topological polar surface area (TPSA) is 109 Å². The van der Waals surface area contributed by atoms with Gasteiger partial charge in [-0.15, -0.1) is 0 Å². The number of benzene rings is 2. The van der Waals surface area contributed by atoms with Gasteiger partial charge in [-0.05, 0) is 53.3 Å². The van der Waals surface area contributed by atoms with Crippen LogP contribution in [0.15, 0.2) is 59.4 Å². The molecule has 1 unspecified atom stereocenters. The molecule has 10 nitrogen and oxygen atoms in total. The van der Waals surface area contributed by atoms with E-state index >= 15 is 0 Å². The third-order valence-electron chi connectivity index (χ3n) is 8.32. The molecule has 3 aromatic carbocycles. The van der Waals surface area contributed by atoms with E-state index in [0.717, 1.165) is 36.3 Å². The van der Waals surface area contributed by atoms with Gasteiger partial charge in [0.15, 0.2) is 11.5 Å². The van der Waals surface area contributed by atoms with Crippen molar-refractivity contribution in [2.75, 3.05) is 59.4 Å². The van der Waals surface area contributed by atoms with Gasteiger partial charge in [-0.1, -0.05) is 36.4 Å². The molecule has 0 spiro atoms. The standard InChI is InChI=1S/C34H40N4O6/c1-22(39)36-27-12-10-24-18-30(42-2)33(43-3)34(44-4)32(24)25-11-13-28(29(40)19-26(25)27)35-20-31(41)38-16-14-37(15-17-38)21-23-8-6-5-7-9-23/h5-9,11,13,18-19,27H,10,12,14-17,20-21H2,1-4H3,(H,35,40)(H,36,39). The molecule has 1 fully saturated rings. The van der Waals surface area contributed by atoms with Gasteiger partial charge in [0.05, 0.1) is 39.6 Å². The number of ether oxygens (including phenoxy) is 3. The van der Waals surface area contributed by atoms with Gasteiger partial charge in [-0.25, -0.2) is 0 Å². The maximum absolute atomic E-state index is 13.5. The van der Waals surface area contributed by atoms with Gasteiger partial charge in [0, 0.05) is 45.2 Å². The van der Waals surface area contributed by atoms with Crippen LogP contribution in [-0.2, 0) is 22.6 Å². The van der Waals surface area contributed by atoms with Crippen molar-refractivity contribution < 1.29 is 23.8 Å². The first-order chi connectivity index (χ1) is 21.3. The Morgan fingerprint density at radius 1 is 0.909 bits per heavy atom. The minimum atomic E-state index is -0.404. The van der Waals surface area contributed by atoms with Crippen LogP contribution in [0.25, 0.3) is 11.1 Å². The van der Waals surface area contributed by atoms with E-state index in [1.165, 1.54) is 12.5 Å². The number of methoxy groups -OCH3 is 3. The largest absolute Gasteiger partial charge is 0.493 e. The first kappa shape index (κ1) is 30.9. The van der Waals surface area contributed by atoms with E-state index in [9.17, 15) is 14.4 Å². The lowest BCUT2D eigenvalue weighted by Crippen LogP contribution is -2.49. The number of carbonyl (C=O) groups excluding carboxylic acids is 2. The van der Waals surface area contributed by atoms with E-state index in [1.807, 2.05) is 35.2 Å². The summed E-state index contributed by atoms with van der Waals surface area (Å²) in [6.07, 6.45) is 1.18. The Labute approximate surface area is 257 Å². The maximum Gasteiger partial charge on any atom is 0.241 e. The van der Waals surface area contributed by atoms with Crippen LogP contribution >= 0.6 is 0 Å². The van der Waals surface area contributed by atoms with Crippen molar-refractivity contribution in [3.63, 3.8) is 0 Å².